The molecule has 0 bridgehead atoms. The van der Waals surface area contributed by atoms with E-state index < -0.39 is 35.7 Å². The molecule has 2 aromatic carbocycles. The molecule has 0 radical (unpaired) electrons. The van der Waals surface area contributed by atoms with Crippen LogP contribution < -0.4 is 15.5 Å². The summed E-state index contributed by atoms with van der Waals surface area (Å²) in [4.78, 5) is 41.0. The minimum Gasteiger partial charge on any atom is -0.460 e. The monoisotopic (exact) mass is 555 g/mol. The number of nitrogens with one attached hydrogen (secondary N) is 2. The number of rotatable bonds is 10. The number of anilines is 1. The van der Waals surface area contributed by atoms with Crippen LogP contribution in [0, 0.1) is 11.2 Å². The lowest BCUT2D eigenvalue weighted by atomic mass is 9.87. The number of esters is 1. The van der Waals surface area contributed by atoms with Gasteiger partial charge in [-0.25, -0.2) is 9.18 Å². The van der Waals surface area contributed by atoms with Gasteiger partial charge in [-0.2, -0.15) is 0 Å². The van der Waals surface area contributed by atoms with Gasteiger partial charge in [0.1, 0.15) is 24.1 Å². The Bertz CT molecular complexity index is 1170. The van der Waals surface area contributed by atoms with Crippen molar-refractivity contribution >= 4 is 23.7 Å². The SMILES string of the molecule is CC(C)(C)C[C@H](NC(=O)OCc1ccccc1)C(=O)NC(CC(=O)OC(C)(C)C)CN1CCc2cc(F)ccc21. The van der Waals surface area contributed by atoms with Crippen molar-refractivity contribution in [1.29, 1.82) is 0 Å². The quantitative estimate of drug-likeness (QED) is 0.395. The van der Waals surface area contributed by atoms with E-state index in [0.29, 0.717) is 25.9 Å². The number of alkyl carbamates (subject to hydrolysis) is 1. The predicted octanol–water partition coefficient (Wildman–Crippen LogP) is 5.14. The van der Waals surface area contributed by atoms with Gasteiger partial charge in [-0.05, 0) is 68.4 Å². The van der Waals surface area contributed by atoms with Crippen LogP contribution in [0.5, 0.6) is 0 Å². The number of hydrogen-bond donors (Lipinski definition) is 2. The summed E-state index contributed by atoms with van der Waals surface area (Å²) in [5.41, 5.74) is 1.63. The normalized spacial score (nSPS) is 14.6. The lowest BCUT2D eigenvalue weighted by Crippen LogP contribution is -2.53. The summed E-state index contributed by atoms with van der Waals surface area (Å²) in [5, 5.41) is 5.69. The van der Waals surface area contributed by atoms with Gasteiger partial charge in [0.25, 0.3) is 0 Å². The molecule has 1 aliphatic heterocycles. The first-order valence-electron chi connectivity index (χ1n) is 13.7. The average molecular weight is 556 g/mol. The molecule has 2 atom stereocenters. The van der Waals surface area contributed by atoms with Crippen LogP contribution in [-0.2, 0) is 32.1 Å². The molecular formula is C31H42FN3O5. The molecule has 1 unspecified atom stereocenters. The number of benzene rings is 2. The van der Waals surface area contributed by atoms with Crippen LogP contribution in [0.1, 0.15) is 65.5 Å². The molecule has 1 heterocycles. The summed E-state index contributed by atoms with van der Waals surface area (Å²) in [5.74, 6) is -1.16. The maximum Gasteiger partial charge on any atom is 0.408 e. The Hall–Kier alpha value is -3.62. The lowest BCUT2D eigenvalue weighted by Gasteiger charge is -2.30. The van der Waals surface area contributed by atoms with Gasteiger partial charge >= 0.3 is 12.1 Å². The van der Waals surface area contributed by atoms with E-state index in [9.17, 15) is 18.8 Å². The minimum atomic E-state index is -0.885. The number of nitrogens with zero attached hydrogens (tertiary/aromatic N) is 1. The van der Waals surface area contributed by atoms with Crippen LogP contribution in [-0.4, -0.2) is 48.7 Å². The maximum absolute atomic E-state index is 13.8. The first-order chi connectivity index (χ1) is 18.7. The zero-order valence-corrected chi connectivity index (χ0v) is 24.4. The summed E-state index contributed by atoms with van der Waals surface area (Å²) < 4.78 is 24.6. The first-order valence-corrected chi connectivity index (χ1v) is 13.7. The third-order valence-electron chi connectivity index (χ3n) is 6.29. The van der Waals surface area contributed by atoms with Gasteiger partial charge in [-0.1, -0.05) is 51.1 Å². The van der Waals surface area contributed by atoms with Crippen molar-refractivity contribution in [3.05, 3.63) is 65.5 Å². The molecule has 0 aliphatic carbocycles. The lowest BCUT2D eigenvalue weighted by molar-refractivity contribution is -0.155. The zero-order chi connectivity index (χ0) is 29.5. The highest BCUT2D eigenvalue weighted by atomic mass is 19.1. The molecule has 218 valence electrons. The second-order valence-electron chi connectivity index (χ2n) is 12.5. The van der Waals surface area contributed by atoms with Crippen molar-refractivity contribution in [2.75, 3.05) is 18.0 Å². The summed E-state index contributed by atoms with van der Waals surface area (Å²) >= 11 is 0. The van der Waals surface area contributed by atoms with Crippen LogP contribution in [0.3, 0.4) is 0 Å². The van der Waals surface area contributed by atoms with E-state index in [1.165, 1.54) is 12.1 Å². The van der Waals surface area contributed by atoms with Gasteiger partial charge in [0.05, 0.1) is 12.5 Å². The Morgan fingerprint density at radius 2 is 1.70 bits per heavy atom. The van der Waals surface area contributed by atoms with E-state index in [-0.39, 0.29) is 24.3 Å². The fraction of sp³-hybridized carbons (Fsp3) is 0.516. The molecule has 0 aromatic heterocycles. The number of carbonyl (C=O) groups excluding carboxylic acids is 3. The van der Waals surface area contributed by atoms with Crippen LogP contribution in [0.2, 0.25) is 0 Å². The van der Waals surface area contributed by atoms with Crippen LogP contribution in [0.15, 0.2) is 48.5 Å². The fourth-order valence-electron chi connectivity index (χ4n) is 4.67. The van der Waals surface area contributed by atoms with Gasteiger partial charge in [0.2, 0.25) is 5.91 Å². The van der Waals surface area contributed by atoms with E-state index in [4.69, 9.17) is 9.47 Å². The van der Waals surface area contributed by atoms with Crippen LogP contribution in [0.4, 0.5) is 14.9 Å². The van der Waals surface area contributed by atoms with Crippen molar-refractivity contribution in [1.82, 2.24) is 10.6 Å². The molecule has 1 aliphatic rings. The van der Waals surface area contributed by atoms with Crippen molar-refractivity contribution in [2.24, 2.45) is 5.41 Å². The summed E-state index contributed by atoms with van der Waals surface area (Å²) in [6.07, 6.45) is 0.260. The number of hydrogen-bond acceptors (Lipinski definition) is 6. The van der Waals surface area contributed by atoms with E-state index in [0.717, 1.165) is 16.8 Å². The van der Waals surface area contributed by atoms with E-state index in [1.54, 1.807) is 26.8 Å². The molecule has 8 nitrogen and oxygen atoms in total. The zero-order valence-electron chi connectivity index (χ0n) is 24.4. The molecule has 0 saturated carbocycles. The van der Waals surface area contributed by atoms with Crippen LogP contribution in [0.25, 0.3) is 0 Å². The fourth-order valence-corrected chi connectivity index (χ4v) is 4.67. The van der Waals surface area contributed by atoms with E-state index in [1.807, 2.05) is 56.0 Å². The minimum absolute atomic E-state index is 0.0588. The summed E-state index contributed by atoms with van der Waals surface area (Å²) in [6, 6.07) is 12.4. The smallest absolute Gasteiger partial charge is 0.408 e. The molecule has 2 N–H and O–H groups in total. The third-order valence-corrected chi connectivity index (χ3v) is 6.29. The van der Waals surface area contributed by atoms with Gasteiger partial charge in [0, 0.05) is 18.8 Å². The Kier molecular flexibility index (Phi) is 10.2. The number of halogens is 1. The standard InChI is InChI=1S/C31H42FN3O5/c1-30(2,3)18-25(34-29(38)39-20-21-10-8-7-9-11-21)28(37)33-24(17-27(36)40-31(4,5)6)19-35-15-14-22-16-23(32)12-13-26(22)35/h7-13,16,24-25H,14-15,17-20H2,1-6H3,(H,33,37)(H,34,38)/t24?,25-/m0/s1. The maximum atomic E-state index is 13.8. The second-order valence-corrected chi connectivity index (χ2v) is 12.5. The number of fused-ring (bicyclic) bond motifs is 1. The van der Waals surface area contributed by atoms with Crippen molar-refractivity contribution in [3.8, 4) is 0 Å². The predicted molar refractivity (Wildman–Crippen MR) is 152 cm³/mol. The highest BCUT2D eigenvalue weighted by molar-refractivity contribution is 5.86. The van der Waals surface area contributed by atoms with Crippen molar-refractivity contribution < 1.29 is 28.2 Å². The molecule has 3 rings (SSSR count). The Morgan fingerprint density at radius 1 is 1.00 bits per heavy atom. The number of carbonyl (C=O) groups is 3. The molecule has 40 heavy (non-hydrogen) atoms. The Morgan fingerprint density at radius 3 is 2.35 bits per heavy atom. The third kappa shape index (κ3) is 10.2. The molecule has 2 aromatic rings. The van der Waals surface area contributed by atoms with Crippen molar-refractivity contribution in [3.63, 3.8) is 0 Å². The molecule has 0 saturated heterocycles. The van der Waals surface area contributed by atoms with Gasteiger partial charge < -0.3 is 25.0 Å². The van der Waals surface area contributed by atoms with Gasteiger partial charge in [-0.15, -0.1) is 0 Å². The van der Waals surface area contributed by atoms with Crippen LogP contribution >= 0.6 is 0 Å². The highest BCUT2D eigenvalue weighted by Gasteiger charge is 2.32. The number of ether oxygens (including phenoxy) is 2. The van der Waals surface area contributed by atoms with Gasteiger partial charge in [0.15, 0.2) is 0 Å². The molecule has 9 heteroatoms. The molecule has 2 amide bonds. The molecule has 0 spiro atoms. The molecule has 0 fully saturated rings. The highest BCUT2D eigenvalue weighted by Crippen LogP contribution is 2.29. The topological polar surface area (TPSA) is 97.0 Å². The molecular weight excluding hydrogens is 513 g/mol. The number of amides is 2. The van der Waals surface area contributed by atoms with E-state index in [2.05, 4.69) is 10.6 Å². The Balaban J connectivity index is 1.73. The van der Waals surface area contributed by atoms with Gasteiger partial charge in [-0.3, -0.25) is 9.59 Å². The Labute approximate surface area is 236 Å². The first kappa shape index (κ1) is 30.9. The average Bonchev–Trinajstić information content (AvgIpc) is 3.22. The van der Waals surface area contributed by atoms with E-state index >= 15 is 0 Å². The van der Waals surface area contributed by atoms with Crippen molar-refractivity contribution in [2.45, 2.75) is 85.1 Å². The summed E-state index contributed by atoms with van der Waals surface area (Å²) in [6.45, 7) is 12.3. The summed E-state index contributed by atoms with van der Waals surface area (Å²) in [7, 11) is 0. The second kappa shape index (κ2) is 13.2. The largest absolute Gasteiger partial charge is 0.460 e.